The number of aromatic amines is 1. The van der Waals surface area contributed by atoms with Crippen LogP contribution >= 0.6 is 0 Å². The number of H-pyrrole nitrogens is 1. The summed E-state index contributed by atoms with van der Waals surface area (Å²) >= 11 is 0. The van der Waals surface area contributed by atoms with Crippen molar-refractivity contribution < 1.29 is 0 Å². The Balaban J connectivity index is 2.45. The summed E-state index contributed by atoms with van der Waals surface area (Å²) in [7, 11) is 4.23. The van der Waals surface area contributed by atoms with Crippen LogP contribution in [-0.4, -0.2) is 30.6 Å². The van der Waals surface area contributed by atoms with Gasteiger partial charge in [0.25, 0.3) is 0 Å². The lowest BCUT2D eigenvalue weighted by atomic mass is 10.2. The number of aryl methyl sites for hydroxylation is 1. The van der Waals surface area contributed by atoms with E-state index in [2.05, 4.69) is 42.2 Å². The van der Waals surface area contributed by atoms with Crippen molar-refractivity contribution in [2.45, 2.75) is 13.3 Å². The summed E-state index contributed by atoms with van der Waals surface area (Å²) in [6.07, 6.45) is 3.21. The summed E-state index contributed by atoms with van der Waals surface area (Å²) in [5, 5.41) is 4.45. The molecule has 1 aromatic heterocycles. The highest BCUT2D eigenvalue weighted by Gasteiger charge is 2.20. The summed E-state index contributed by atoms with van der Waals surface area (Å²) in [6.45, 7) is 3.24. The lowest BCUT2D eigenvalue weighted by Crippen LogP contribution is -2.41. The van der Waals surface area contributed by atoms with E-state index in [1.807, 2.05) is 0 Å². The van der Waals surface area contributed by atoms with Crippen molar-refractivity contribution in [3.05, 3.63) is 17.5 Å². The predicted octanol–water partition coefficient (Wildman–Crippen LogP) is 1.16. The smallest absolute Gasteiger partial charge is 0.0755 e. The van der Waals surface area contributed by atoms with Crippen LogP contribution in [0.15, 0.2) is 6.20 Å². The van der Waals surface area contributed by atoms with Gasteiger partial charge in [0.15, 0.2) is 0 Å². The molecule has 0 saturated carbocycles. The summed E-state index contributed by atoms with van der Waals surface area (Å²) in [6, 6.07) is 0. The van der Waals surface area contributed by atoms with Crippen LogP contribution in [-0.2, 0) is 6.42 Å². The molecule has 2 heterocycles. The van der Waals surface area contributed by atoms with Gasteiger partial charge in [0.05, 0.1) is 5.69 Å². The minimum Gasteiger partial charge on any atom is -0.363 e. The molecule has 66 valence electrons. The topological polar surface area (TPSA) is 22.3 Å². The van der Waals surface area contributed by atoms with Gasteiger partial charge in [-0.15, -0.1) is 0 Å². The molecule has 1 N–H and O–H groups in total. The Morgan fingerprint density at radius 1 is 1.42 bits per heavy atom. The summed E-state index contributed by atoms with van der Waals surface area (Å²) in [5.41, 5.74) is 4.05. The first-order chi connectivity index (χ1) is 5.70. The molecule has 12 heavy (non-hydrogen) atoms. The van der Waals surface area contributed by atoms with Crippen molar-refractivity contribution >= 4 is 5.69 Å². The highest BCUT2D eigenvalue weighted by atomic mass is 15.6. The number of rotatable bonds is 0. The first-order valence-electron chi connectivity index (χ1n) is 4.32. The lowest BCUT2D eigenvalue weighted by Gasteiger charge is -2.35. The van der Waals surface area contributed by atoms with E-state index in [1.165, 1.54) is 16.9 Å². The first kappa shape index (κ1) is 7.68. The van der Waals surface area contributed by atoms with Crippen LogP contribution in [0.2, 0.25) is 0 Å². The molecule has 0 aliphatic carbocycles. The highest BCUT2D eigenvalue weighted by Crippen LogP contribution is 2.28. The number of nitrogens with zero attached hydrogens (tertiary/aromatic N) is 2. The van der Waals surface area contributed by atoms with E-state index < -0.39 is 0 Å². The Bertz CT molecular complexity index is 290. The van der Waals surface area contributed by atoms with E-state index in [0.717, 1.165) is 13.0 Å². The molecule has 0 aromatic carbocycles. The van der Waals surface area contributed by atoms with Gasteiger partial charge in [0, 0.05) is 39.0 Å². The van der Waals surface area contributed by atoms with E-state index in [-0.39, 0.29) is 0 Å². The molecule has 0 bridgehead atoms. The second kappa shape index (κ2) is 2.52. The average Bonchev–Trinajstić information content (AvgIpc) is 2.41. The minimum atomic E-state index is 1.10. The summed E-state index contributed by atoms with van der Waals surface area (Å²) in [5.74, 6) is 0. The maximum atomic E-state index is 3.31. The van der Waals surface area contributed by atoms with Gasteiger partial charge in [0.2, 0.25) is 0 Å². The molecule has 0 saturated heterocycles. The van der Waals surface area contributed by atoms with Gasteiger partial charge in [-0.05, 0) is 12.5 Å². The Labute approximate surface area is 72.9 Å². The normalized spacial score (nSPS) is 18.1. The fraction of sp³-hybridized carbons (Fsp3) is 0.556. The third-order valence-electron chi connectivity index (χ3n) is 2.64. The molecule has 0 unspecified atom stereocenters. The van der Waals surface area contributed by atoms with E-state index in [0.29, 0.717) is 0 Å². The number of anilines is 1. The Morgan fingerprint density at radius 3 is 2.92 bits per heavy atom. The van der Waals surface area contributed by atoms with Gasteiger partial charge in [-0.25, -0.2) is 5.01 Å². The van der Waals surface area contributed by atoms with E-state index in [4.69, 9.17) is 0 Å². The van der Waals surface area contributed by atoms with Crippen molar-refractivity contribution in [3.8, 4) is 0 Å². The number of nitrogens with one attached hydrogen (secondary N) is 1. The fourth-order valence-corrected chi connectivity index (χ4v) is 1.81. The van der Waals surface area contributed by atoms with Crippen molar-refractivity contribution in [2.75, 3.05) is 25.6 Å². The number of likely N-dealkylation sites (N-methyl/N-ethyl adjacent to an activating group) is 1. The molecule has 0 radical (unpaired) electrons. The van der Waals surface area contributed by atoms with Crippen LogP contribution in [0.3, 0.4) is 0 Å². The molecule has 0 fully saturated rings. The van der Waals surface area contributed by atoms with Crippen molar-refractivity contribution in [1.82, 2.24) is 9.99 Å². The molecule has 0 amide bonds. The lowest BCUT2D eigenvalue weighted by molar-refractivity contribution is 0.312. The zero-order chi connectivity index (χ0) is 8.72. The van der Waals surface area contributed by atoms with Crippen LogP contribution in [0, 0.1) is 6.92 Å². The van der Waals surface area contributed by atoms with Crippen molar-refractivity contribution in [2.24, 2.45) is 0 Å². The van der Waals surface area contributed by atoms with Crippen molar-refractivity contribution in [3.63, 3.8) is 0 Å². The molecule has 3 heteroatoms. The molecule has 2 rings (SSSR count). The van der Waals surface area contributed by atoms with Gasteiger partial charge in [0.1, 0.15) is 0 Å². The fourth-order valence-electron chi connectivity index (χ4n) is 1.81. The van der Waals surface area contributed by atoms with Gasteiger partial charge >= 0.3 is 0 Å². The van der Waals surface area contributed by atoms with Crippen LogP contribution in [0.25, 0.3) is 0 Å². The number of aromatic nitrogens is 1. The number of hydrazine groups is 1. The molecule has 1 aliphatic heterocycles. The molecule has 1 aliphatic rings. The summed E-state index contributed by atoms with van der Waals surface area (Å²) in [4.78, 5) is 3.31. The summed E-state index contributed by atoms with van der Waals surface area (Å²) < 4.78 is 0. The second-order valence-corrected chi connectivity index (χ2v) is 3.45. The van der Waals surface area contributed by atoms with Crippen LogP contribution in [0.1, 0.15) is 11.3 Å². The highest BCUT2D eigenvalue weighted by molar-refractivity contribution is 5.57. The molecule has 3 nitrogen and oxygen atoms in total. The van der Waals surface area contributed by atoms with Gasteiger partial charge in [-0.3, -0.25) is 0 Å². The maximum absolute atomic E-state index is 3.31. The minimum absolute atomic E-state index is 1.10. The largest absolute Gasteiger partial charge is 0.363 e. The molecular formula is C9H15N3. The Morgan fingerprint density at radius 2 is 2.17 bits per heavy atom. The quantitative estimate of drug-likeness (QED) is 0.623. The molecule has 0 spiro atoms. The zero-order valence-corrected chi connectivity index (χ0v) is 7.89. The molecular weight excluding hydrogens is 150 g/mol. The second-order valence-electron chi connectivity index (χ2n) is 3.45. The SMILES string of the molecule is Cc1c[nH]c2c1N(C)N(C)CC2. The Kier molecular flexibility index (Phi) is 1.61. The average molecular weight is 165 g/mol. The van der Waals surface area contributed by atoms with Gasteiger partial charge < -0.3 is 9.99 Å². The molecule has 1 aromatic rings. The Hall–Kier alpha value is -0.960. The third kappa shape index (κ3) is 0.932. The van der Waals surface area contributed by atoms with Crippen LogP contribution < -0.4 is 5.01 Å². The maximum Gasteiger partial charge on any atom is 0.0755 e. The van der Waals surface area contributed by atoms with E-state index in [9.17, 15) is 0 Å². The number of hydrogen-bond acceptors (Lipinski definition) is 2. The number of fused-ring (bicyclic) bond motifs is 1. The molecule has 0 atom stereocenters. The van der Waals surface area contributed by atoms with Crippen LogP contribution in [0.5, 0.6) is 0 Å². The third-order valence-corrected chi connectivity index (χ3v) is 2.64. The standard InChI is InChI=1S/C9H15N3/c1-7-6-10-8-4-5-11(2)12(3)9(7)8/h6,10H,4-5H2,1-3H3. The first-order valence-corrected chi connectivity index (χ1v) is 4.32. The zero-order valence-electron chi connectivity index (χ0n) is 7.89. The monoisotopic (exact) mass is 165 g/mol. The van der Waals surface area contributed by atoms with E-state index in [1.54, 1.807) is 0 Å². The van der Waals surface area contributed by atoms with Gasteiger partial charge in [-0.1, -0.05) is 0 Å². The predicted molar refractivity (Wildman–Crippen MR) is 50.3 cm³/mol. The van der Waals surface area contributed by atoms with Gasteiger partial charge in [-0.2, -0.15) is 0 Å². The van der Waals surface area contributed by atoms with Crippen molar-refractivity contribution in [1.29, 1.82) is 0 Å². The van der Waals surface area contributed by atoms with E-state index >= 15 is 0 Å². The van der Waals surface area contributed by atoms with Crippen LogP contribution in [0.4, 0.5) is 5.69 Å². The number of hydrogen-bond donors (Lipinski definition) is 1.